The maximum absolute atomic E-state index is 12.5. The predicted octanol–water partition coefficient (Wildman–Crippen LogP) is 6.18. The maximum Gasteiger partial charge on any atom is 0.234 e. The summed E-state index contributed by atoms with van der Waals surface area (Å²) < 4.78 is 0. The van der Waals surface area contributed by atoms with Gasteiger partial charge in [0.1, 0.15) is 0 Å². The van der Waals surface area contributed by atoms with Gasteiger partial charge in [0.25, 0.3) is 0 Å². The molecular formula is C25H23N3OS. The van der Waals surface area contributed by atoms with E-state index in [1.807, 2.05) is 60.7 Å². The van der Waals surface area contributed by atoms with Gasteiger partial charge in [-0.25, -0.2) is 4.99 Å². The number of benzene rings is 3. The number of amides is 1. The molecule has 30 heavy (non-hydrogen) atoms. The summed E-state index contributed by atoms with van der Waals surface area (Å²) in [5, 5.41) is 3.88. The number of nitrogens with zero attached hydrogens (tertiary/aromatic N) is 2. The van der Waals surface area contributed by atoms with Crippen molar-refractivity contribution in [1.82, 2.24) is 0 Å². The zero-order chi connectivity index (χ0) is 20.8. The van der Waals surface area contributed by atoms with E-state index in [2.05, 4.69) is 30.4 Å². The molecule has 4 rings (SSSR count). The third-order valence-corrected chi connectivity index (χ3v) is 5.77. The Kier molecular flexibility index (Phi) is 6.40. The molecule has 1 aliphatic rings. The molecule has 0 atom stereocenters. The maximum atomic E-state index is 12.5. The summed E-state index contributed by atoms with van der Waals surface area (Å²) in [4.78, 5) is 22.2. The van der Waals surface area contributed by atoms with Gasteiger partial charge >= 0.3 is 0 Å². The number of rotatable bonds is 5. The van der Waals surface area contributed by atoms with Crippen molar-refractivity contribution in [2.75, 3.05) is 11.1 Å². The molecule has 0 fully saturated rings. The number of aliphatic imine (C=N–C) groups is 2. The molecule has 0 unspecified atom stereocenters. The lowest BCUT2D eigenvalue weighted by Crippen LogP contribution is -2.16. The van der Waals surface area contributed by atoms with E-state index in [-0.39, 0.29) is 5.91 Å². The largest absolute Gasteiger partial charge is 0.325 e. The Morgan fingerprint density at radius 2 is 1.67 bits per heavy atom. The number of hydrogen-bond acceptors (Lipinski definition) is 4. The summed E-state index contributed by atoms with van der Waals surface area (Å²) in [6.07, 6.45) is 1.54. The summed E-state index contributed by atoms with van der Waals surface area (Å²) in [7, 11) is 0. The Morgan fingerprint density at radius 1 is 0.933 bits per heavy atom. The Balaban J connectivity index is 1.50. The zero-order valence-electron chi connectivity index (χ0n) is 16.8. The fourth-order valence-electron chi connectivity index (χ4n) is 3.25. The normalized spacial score (nSPS) is 13.0. The molecule has 0 radical (unpaired) electrons. The van der Waals surface area contributed by atoms with Gasteiger partial charge in [0.15, 0.2) is 0 Å². The van der Waals surface area contributed by atoms with E-state index in [0.29, 0.717) is 12.2 Å². The number of thioether (sulfide) groups is 1. The molecular weight excluding hydrogens is 390 g/mol. The predicted molar refractivity (Wildman–Crippen MR) is 128 cm³/mol. The zero-order valence-corrected chi connectivity index (χ0v) is 17.7. The van der Waals surface area contributed by atoms with Gasteiger partial charge in [-0.1, -0.05) is 61.5 Å². The summed E-state index contributed by atoms with van der Waals surface area (Å²) in [5.41, 5.74) is 5.76. The molecule has 0 bridgehead atoms. The summed E-state index contributed by atoms with van der Waals surface area (Å²) in [6, 6.07) is 26.0. The Labute approximate surface area is 181 Å². The van der Waals surface area contributed by atoms with Crippen molar-refractivity contribution in [3.63, 3.8) is 0 Å². The van der Waals surface area contributed by atoms with Gasteiger partial charge in [-0.15, -0.1) is 11.8 Å². The molecule has 0 aliphatic carbocycles. The second-order valence-corrected chi connectivity index (χ2v) is 8.03. The molecule has 5 heteroatoms. The van der Waals surface area contributed by atoms with Gasteiger partial charge in [0.05, 0.1) is 27.9 Å². The average Bonchev–Trinajstić information content (AvgIpc) is 2.98. The van der Waals surface area contributed by atoms with Crippen molar-refractivity contribution in [2.45, 2.75) is 19.8 Å². The van der Waals surface area contributed by atoms with Gasteiger partial charge < -0.3 is 5.32 Å². The van der Waals surface area contributed by atoms with Crippen LogP contribution in [-0.2, 0) is 11.2 Å². The lowest BCUT2D eigenvalue weighted by molar-refractivity contribution is -0.113. The average molecular weight is 414 g/mol. The van der Waals surface area contributed by atoms with Crippen LogP contribution in [0.25, 0.3) is 0 Å². The number of hydrogen-bond donors (Lipinski definition) is 1. The minimum Gasteiger partial charge on any atom is -0.325 e. The molecule has 0 saturated heterocycles. The number of anilines is 1. The van der Waals surface area contributed by atoms with E-state index in [9.17, 15) is 4.79 Å². The molecule has 150 valence electrons. The minimum atomic E-state index is -0.0355. The highest BCUT2D eigenvalue weighted by Crippen LogP contribution is 2.33. The molecule has 0 spiro atoms. The SMILES string of the molecule is CCc1cccc(NC(=O)CSC2=Nc3ccccc3N=C(c3ccccc3)C2)c1. The fourth-order valence-corrected chi connectivity index (χ4v) is 4.02. The lowest BCUT2D eigenvalue weighted by atomic mass is 10.1. The van der Waals surface area contributed by atoms with Crippen LogP contribution in [0.3, 0.4) is 0 Å². The van der Waals surface area contributed by atoms with Crippen LogP contribution in [0, 0.1) is 0 Å². The number of fused-ring (bicyclic) bond motifs is 1. The van der Waals surface area contributed by atoms with Crippen molar-refractivity contribution in [3.05, 3.63) is 90.0 Å². The van der Waals surface area contributed by atoms with E-state index in [4.69, 9.17) is 9.98 Å². The number of para-hydroxylation sites is 2. The number of carbonyl (C=O) groups is 1. The lowest BCUT2D eigenvalue weighted by Gasteiger charge is -2.09. The summed E-state index contributed by atoms with van der Waals surface area (Å²) >= 11 is 1.47. The Bertz CT molecular complexity index is 1110. The molecule has 1 amide bonds. The molecule has 1 heterocycles. The van der Waals surface area contributed by atoms with Crippen LogP contribution in [0.4, 0.5) is 17.1 Å². The topological polar surface area (TPSA) is 53.8 Å². The fraction of sp³-hybridized carbons (Fsp3) is 0.160. The standard InChI is InChI=1S/C25H23N3OS/c1-2-18-9-8-12-20(15-18)26-24(29)17-30-25-16-23(19-10-4-3-5-11-19)27-21-13-6-7-14-22(21)28-25/h3-15H,2,16-17H2,1H3,(H,26,29). The first-order valence-corrected chi connectivity index (χ1v) is 11.0. The summed E-state index contributed by atoms with van der Waals surface area (Å²) in [6.45, 7) is 2.10. The van der Waals surface area contributed by atoms with E-state index >= 15 is 0 Å². The third-order valence-electron chi connectivity index (χ3n) is 4.80. The molecule has 3 aromatic carbocycles. The second-order valence-electron chi connectivity index (χ2n) is 6.99. The van der Waals surface area contributed by atoms with Gasteiger partial charge in [-0.2, -0.15) is 0 Å². The van der Waals surface area contributed by atoms with Crippen molar-refractivity contribution in [3.8, 4) is 0 Å². The Morgan fingerprint density at radius 3 is 2.43 bits per heavy atom. The van der Waals surface area contributed by atoms with Crippen LogP contribution in [0.1, 0.15) is 24.5 Å². The van der Waals surface area contributed by atoms with Gasteiger partial charge in [-0.3, -0.25) is 9.79 Å². The molecule has 3 aromatic rings. The van der Waals surface area contributed by atoms with Crippen LogP contribution in [0.2, 0.25) is 0 Å². The first kappa shape index (κ1) is 20.1. The second kappa shape index (κ2) is 9.55. The Hall–Kier alpha value is -3.18. The van der Waals surface area contributed by atoms with E-state index in [1.54, 1.807) is 0 Å². The molecule has 0 aromatic heterocycles. The minimum absolute atomic E-state index is 0.0355. The smallest absolute Gasteiger partial charge is 0.234 e. The van der Waals surface area contributed by atoms with Crippen molar-refractivity contribution in [1.29, 1.82) is 0 Å². The summed E-state index contributed by atoms with van der Waals surface area (Å²) in [5.74, 6) is 0.270. The number of carbonyl (C=O) groups excluding carboxylic acids is 1. The first-order valence-electron chi connectivity index (χ1n) is 10.0. The van der Waals surface area contributed by atoms with Crippen LogP contribution >= 0.6 is 11.8 Å². The van der Waals surface area contributed by atoms with Gasteiger partial charge in [-0.05, 0) is 41.8 Å². The first-order chi connectivity index (χ1) is 14.7. The van der Waals surface area contributed by atoms with Gasteiger partial charge in [0, 0.05) is 12.1 Å². The van der Waals surface area contributed by atoms with E-state index in [1.165, 1.54) is 17.3 Å². The van der Waals surface area contributed by atoms with Crippen LogP contribution in [0.5, 0.6) is 0 Å². The number of nitrogens with one attached hydrogen (secondary N) is 1. The quantitative estimate of drug-likeness (QED) is 0.543. The van der Waals surface area contributed by atoms with Crippen LogP contribution in [0.15, 0.2) is 88.8 Å². The van der Waals surface area contributed by atoms with Crippen molar-refractivity contribution < 1.29 is 4.79 Å². The van der Waals surface area contributed by atoms with E-state index in [0.717, 1.165) is 39.8 Å². The molecule has 0 saturated carbocycles. The monoisotopic (exact) mass is 413 g/mol. The van der Waals surface area contributed by atoms with Crippen LogP contribution in [-0.4, -0.2) is 22.4 Å². The highest BCUT2D eigenvalue weighted by molar-refractivity contribution is 8.14. The molecule has 4 nitrogen and oxygen atoms in total. The van der Waals surface area contributed by atoms with Gasteiger partial charge in [0.2, 0.25) is 5.91 Å². The van der Waals surface area contributed by atoms with Crippen molar-refractivity contribution in [2.24, 2.45) is 9.98 Å². The van der Waals surface area contributed by atoms with Crippen LogP contribution < -0.4 is 5.32 Å². The highest BCUT2D eigenvalue weighted by Gasteiger charge is 2.16. The van der Waals surface area contributed by atoms with E-state index < -0.39 is 0 Å². The molecule has 1 N–H and O–H groups in total. The molecule has 1 aliphatic heterocycles. The highest BCUT2D eigenvalue weighted by atomic mass is 32.2. The third kappa shape index (κ3) is 5.05. The van der Waals surface area contributed by atoms with Crippen molar-refractivity contribution >= 4 is 45.5 Å². The number of aryl methyl sites for hydroxylation is 1.